The second-order valence-corrected chi connectivity index (χ2v) is 6.83. The van der Waals surface area contributed by atoms with Crippen LogP contribution in [0.2, 0.25) is 0 Å². The second-order valence-electron chi connectivity index (χ2n) is 6.83. The van der Waals surface area contributed by atoms with Gasteiger partial charge in [0.1, 0.15) is 5.82 Å². The van der Waals surface area contributed by atoms with Crippen LogP contribution in [0.15, 0.2) is 24.3 Å². The number of halogens is 1. The summed E-state index contributed by atoms with van der Waals surface area (Å²) in [5, 5.41) is 9.13. The van der Waals surface area contributed by atoms with Crippen LogP contribution in [0.25, 0.3) is 0 Å². The molecule has 1 aliphatic rings. The van der Waals surface area contributed by atoms with Crippen molar-refractivity contribution < 1.29 is 19.1 Å². The molecule has 0 radical (unpaired) electrons. The zero-order valence-corrected chi connectivity index (χ0v) is 13.7. The number of nitrogens with zero attached hydrogens (tertiary/aromatic N) is 1. The number of ketones is 1. The Bertz CT molecular complexity index is 548. The average Bonchev–Trinajstić information content (AvgIpc) is 2.45. The molecule has 1 aliphatic heterocycles. The van der Waals surface area contributed by atoms with Crippen LogP contribution in [0, 0.1) is 23.6 Å². The van der Waals surface area contributed by atoms with Gasteiger partial charge in [-0.25, -0.2) is 4.39 Å². The first-order valence-corrected chi connectivity index (χ1v) is 8.09. The highest BCUT2D eigenvalue weighted by Crippen LogP contribution is 2.23. The highest BCUT2D eigenvalue weighted by molar-refractivity contribution is 5.99. The summed E-state index contributed by atoms with van der Waals surface area (Å²) in [6, 6.07) is 5.31. The average molecular weight is 321 g/mol. The standard InChI is InChI=1S/C18H24FNO3/c1-12-7-13(2)10-20(9-12)11-15(8-17(21)22)18(23)14-3-5-16(19)6-4-14/h3-6,12-13,15H,7-11H2,1-2H3,(H,21,22). The smallest absolute Gasteiger partial charge is 0.304 e. The topological polar surface area (TPSA) is 57.6 Å². The molecule has 0 aromatic heterocycles. The molecule has 23 heavy (non-hydrogen) atoms. The van der Waals surface area contributed by atoms with Gasteiger partial charge in [-0.15, -0.1) is 0 Å². The van der Waals surface area contributed by atoms with Crippen LogP contribution in [0.3, 0.4) is 0 Å². The Morgan fingerprint density at radius 1 is 1.22 bits per heavy atom. The third-order valence-corrected chi connectivity index (χ3v) is 4.34. The molecule has 4 nitrogen and oxygen atoms in total. The highest BCUT2D eigenvalue weighted by Gasteiger charge is 2.29. The second kappa shape index (κ2) is 7.68. The van der Waals surface area contributed by atoms with E-state index >= 15 is 0 Å². The molecule has 2 rings (SSSR count). The molecule has 0 saturated carbocycles. The Balaban J connectivity index is 2.11. The number of aliphatic carboxylic acids is 1. The molecule has 1 aromatic carbocycles. The maximum absolute atomic E-state index is 13.0. The summed E-state index contributed by atoms with van der Waals surface area (Å²) in [5.41, 5.74) is 0.371. The number of hydrogen-bond donors (Lipinski definition) is 1. The van der Waals surface area contributed by atoms with E-state index in [9.17, 15) is 14.0 Å². The molecule has 3 unspecified atom stereocenters. The molecule has 3 atom stereocenters. The van der Waals surface area contributed by atoms with Crippen LogP contribution in [0.5, 0.6) is 0 Å². The summed E-state index contributed by atoms with van der Waals surface area (Å²) in [6.07, 6.45) is 0.960. The van der Waals surface area contributed by atoms with Crippen molar-refractivity contribution in [1.29, 1.82) is 0 Å². The monoisotopic (exact) mass is 321 g/mol. The van der Waals surface area contributed by atoms with E-state index in [1.165, 1.54) is 24.3 Å². The van der Waals surface area contributed by atoms with E-state index in [-0.39, 0.29) is 12.2 Å². The van der Waals surface area contributed by atoms with Crippen molar-refractivity contribution in [2.24, 2.45) is 17.8 Å². The van der Waals surface area contributed by atoms with Gasteiger partial charge in [0.25, 0.3) is 0 Å². The van der Waals surface area contributed by atoms with E-state index < -0.39 is 17.7 Å². The van der Waals surface area contributed by atoms with Crippen molar-refractivity contribution in [2.45, 2.75) is 26.7 Å². The van der Waals surface area contributed by atoms with Crippen LogP contribution in [0.4, 0.5) is 4.39 Å². The molecule has 1 N–H and O–H groups in total. The van der Waals surface area contributed by atoms with Crippen molar-refractivity contribution in [2.75, 3.05) is 19.6 Å². The van der Waals surface area contributed by atoms with Gasteiger partial charge in [-0.3, -0.25) is 9.59 Å². The molecule has 0 spiro atoms. The van der Waals surface area contributed by atoms with E-state index in [2.05, 4.69) is 18.7 Å². The van der Waals surface area contributed by atoms with Crippen molar-refractivity contribution in [3.8, 4) is 0 Å². The van der Waals surface area contributed by atoms with Gasteiger partial charge in [-0.05, 0) is 42.5 Å². The summed E-state index contributed by atoms with van der Waals surface area (Å²) in [6.45, 7) is 6.57. The zero-order valence-electron chi connectivity index (χ0n) is 13.7. The minimum absolute atomic E-state index is 0.199. The Hall–Kier alpha value is -1.75. The minimum Gasteiger partial charge on any atom is -0.481 e. The van der Waals surface area contributed by atoms with Crippen molar-refractivity contribution in [1.82, 2.24) is 4.90 Å². The quantitative estimate of drug-likeness (QED) is 0.818. The van der Waals surface area contributed by atoms with Gasteiger partial charge in [0.05, 0.1) is 6.42 Å². The molecular formula is C18H24FNO3. The number of carboxylic acid groups (broad SMARTS) is 1. The third kappa shape index (κ3) is 5.13. The molecule has 1 aromatic rings. The van der Waals surface area contributed by atoms with Crippen molar-refractivity contribution in [3.05, 3.63) is 35.6 Å². The van der Waals surface area contributed by atoms with Gasteiger partial charge >= 0.3 is 5.97 Å². The molecule has 1 fully saturated rings. The lowest BCUT2D eigenvalue weighted by atomic mass is 9.89. The van der Waals surface area contributed by atoms with Crippen molar-refractivity contribution in [3.63, 3.8) is 0 Å². The van der Waals surface area contributed by atoms with Crippen LogP contribution in [-0.4, -0.2) is 41.4 Å². The summed E-state index contributed by atoms with van der Waals surface area (Å²) >= 11 is 0. The first-order valence-electron chi connectivity index (χ1n) is 8.09. The first-order chi connectivity index (χ1) is 10.8. The Labute approximate surface area is 136 Å². The summed E-state index contributed by atoms with van der Waals surface area (Å²) < 4.78 is 13.0. The largest absolute Gasteiger partial charge is 0.481 e. The maximum Gasteiger partial charge on any atom is 0.304 e. The fraction of sp³-hybridized carbons (Fsp3) is 0.556. The molecule has 5 heteroatoms. The number of carbonyl (C=O) groups is 2. The van der Waals surface area contributed by atoms with Crippen LogP contribution in [0.1, 0.15) is 37.0 Å². The van der Waals surface area contributed by atoms with E-state index in [1.807, 2.05) is 0 Å². The van der Waals surface area contributed by atoms with E-state index in [4.69, 9.17) is 5.11 Å². The number of Topliss-reactive ketones (excluding diaryl/α,β-unsaturated/α-hetero) is 1. The van der Waals surface area contributed by atoms with Crippen LogP contribution in [-0.2, 0) is 4.79 Å². The zero-order chi connectivity index (χ0) is 17.0. The fourth-order valence-electron chi connectivity index (χ4n) is 3.55. The fourth-order valence-corrected chi connectivity index (χ4v) is 3.55. The highest BCUT2D eigenvalue weighted by atomic mass is 19.1. The van der Waals surface area contributed by atoms with Gasteiger partial charge < -0.3 is 10.0 Å². The number of rotatable bonds is 6. The predicted octanol–water partition coefficient (Wildman–Crippen LogP) is 3.08. The number of benzene rings is 1. The first kappa shape index (κ1) is 17.6. The molecule has 1 heterocycles. The van der Waals surface area contributed by atoms with E-state index in [0.717, 1.165) is 19.5 Å². The van der Waals surface area contributed by atoms with Gasteiger partial charge in [0.15, 0.2) is 5.78 Å². The lowest BCUT2D eigenvalue weighted by Crippen LogP contribution is -2.43. The predicted molar refractivity (Wildman–Crippen MR) is 85.9 cm³/mol. The molecule has 0 amide bonds. The van der Waals surface area contributed by atoms with E-state index in [1.54, 1.807) is 0 Å². The Morgan fingerprint density at radius 2 is 1.78 bits per heavy atom. The lowest BCUT2D eigenvalue weighted by molar-refractivity contribution is -0.138. The minimum atomic E-state index is -0.983. The molecule has 0 bridgehead atoms. The Kier molecular flexibility index (Phi) is 5.88. The third-order valence-electron chi connectivity index (χ3n) is 4.34. The van der Waals surface area contributed by atoms with Crippen LogP contribution < -0.4 is 0 Å². The molecule has 1 saturated heterocycles. The summed E-state index contributed by atoms with van der Waals surface area (Å²) in [4.78, 5) is 25.9. The molecule has 0 aliphatic carbocycles. The molecule has 126 valence electrons. The normalized spacial score (nSPS) is 23.4. The van der Waals surface area contributed by atoms with Gasteiger partial charge in [-0.2, -0.15) is 0 Å². The number of hydrogen-bond acceptors (Lipinski definition) is 3. The van der Waals surface area contributed by atoms with Gasteiger partial charge in [0.2, 0.25) is 0 Å². The summed E-state index contributed by atoms with van der Waals surface area (Å²) in [7, 11) is 0. The summed E-state index contributed by atoms with van der Waals surface area (Å²) in [5.74, 6) is -1.12. The lowest BCUT2D eigenvalue weighted by Gasteiger charge is -2.36. The Morgan fingerprint density at radius 3 is 2.30 bits per heavy atom. The number of likely N-dealkylation sites (tertiary alicyclic amines) is 1. The number of carboxylic acids is 1. The molecular weight excluding hydrogens is 297 g/mol. The van der Waals surface area contributed by atoms with Gasteiger partial charge in [0, 0.05) is 31.1 Å². The number of piperidine rings is 1. The van der Waals surface area contributed by atoms with Crippen LogP contribution >= 0.6 is 0 Å². The maximum atomic E-state index is 13.0. The SMILES string of the molecule is CC1CC(C)CN(CC(CC(=O)O)C(=O)c2ccc(F)cc2)C1. The number of carbonyl (C=O) groups excluding carboxylic acids is 1. The van der Waals surface area contributed by atoms with Crippen molar-refractivity contribution >= 4 is 11.8 Å². The van der Waals surface area contributed by atoms with E-state index in [0.29, 0.717) is 23.9 Å². The van der Waals surface area contributed by atoms with Gasteiger partial charge in [-0.1, -0.05) is 13.8 Å².